The van der Waals surface area contributed by atoms with Crippen molar-refractivity contribution in [2.45, 2.75) is 38.5 Å². The van der Waals surface area contributed by atoms with Crippen LogP contribution in [0.25, 0.3) is 88.0 Å². The van der Waals surface area contributed by atoms with Crippen LogP contribution in [-0.2, 0) is 10.8 Å². The lowest BCUT2D eigenvalue weighted by atomic mass is 9.82. The van der Waals surface area contributed by atoms with Crippen molar-refractivity contribution in [1.29, 1.82) is 0 Å². The summed E-state index contributed by atoms with van der Waals surface area (Å²) in [5.41, 5.74) is 19.1. The number of furan rings is 2. The van der Waals surface area contributed by atoms with E-state index in [1.54, 1.807) is 0 Å². The van der Waals surface area contributed by atoms with Crippen LogP contribution >= 0.6 is 0 Å². The Labute approximate surface area is 354 Å². The molecule has 9 aromatic carbocycles. The molecule has 11 aromatic rings. The molecule has 0 saturated heterocycles. The maximum Gasteiger partial charge on any atom is 0.145 e. The van der Waals surface area contributed by atoms with Gasteiger partial charge in [-0.25, -0.2) is 0 Å². The summed E-state index contributed by atoms with van der Waals surface area (Å²) in [5, 5.41) is 6.70. The monoisotopic (exact) mass is 783 g/mol. The smallest absolute Gasteiger partial charge is 0.145 e. The zero-order chi connectivity index (χ0) is 40.8. The Morgan fingerprint density at radius 1 is 0.393 bits per heavy atom. The topological polar surface area (TPSA) is 29.5 Å². The molecular weight excluding hydrogens is 743 g/mol. The number of anilines is 3. The van der Waals surface area contributed by atoms with E-state index in [0.717, 1.165) is 72.1 Å². The highest BCUT2D eigenvalue weighted by atomic mass is 16.3. The lowest BCUT2D eigenvalue weighted by Gasteiger charge is -2.31. The van der Waals surface area contributed by atoms with Crippen molar-refractivity contribution in [3.05, 3.63) is 198 Å². The molecule has 0 unspecified atom stereocenters. The van der Waals surface area contributed by atoms with E-state index in [4.69, 9.17) is 8.83 Å². The first-order valence-corrected chi connectivity index (χ1v) is 21.3. The van der Waals surface area contributed by atoms with E-state index < -0.39 is 0 Å². The maximum absolute atomic E-state index is 7.17. The summed E-state index contributed by atoms with van der Waals surface area (Å²) >= 11 is 0. The Bertz CT molecular complexity index is 3560. The average molecular weight is 784 g/mol. The molecule has 0 atom stereocenters. The van der Waals surface area contributed by atoms with E-state index >= 15 is 0 Å². The normalized spacial score (nSPS) is 14.5. The van der Waals surface area contributed by atoms with Crippen LogP contribution in [0.15, 0.2) is 185 Å². The van der Waals surface area contributed by atoms with Crippen molar-refractivity contribution < 1.29 is 8.83 Å². The number of benzene rings is 9. The first-order valence-electron chi connectivity index (χ1n) is 21.3. The fourth-order valence-electron chi connectivity index (χ4n) is 11.0. The molecule has 0 spiro atoms. The second-order valence-corrected chi connectivity index (χ2v) is 18.0. The van der Waals surface area contributed by atoms with Gasteiger partial charge in [0.05, 0.1) is 5.69 Å². The third-order valence-electron chi connectivity index (χ3n) is 14.1. The molecule has 13 rings (SSSR count). The third-order valence-corrected chi connectivity index (χ3v) is 14.1. The van der Waals surface area contributed by atoms with E-state index in [-0.39, 0.29) is 10.8 Å². The Balaban J connectivity index is 1.13. The molecule has 3 heteroatoms. The predicted molar refractivity (Wildman–Crippen MR) is 254 cm³/mol. The van der Waals surface area contributed by atoms with Gasteiger partial charge in [0, 0.05) is 49.3 Å². The van der Waals surface area contributed by atoms with Crippen molar-refractivity contribution in [3.8, 4) is 33.4 Å². The minimum atomic E-state index is -0.169. The van der Waals surface area contributed by atoms with E-state index in [0.29, 0.717) is 0 Å². The molecule has 0 fully saturated rings. The van der Waals surface area contributed by atoms with Gasteiger partial charge in [-0.3, -0.25) is 0 Å². The molecule has 3 nitrogen and oxygen atoms in total. The van der Waals surface area contributed by atoms with Crippen LogP contribution < -0.4 is 4.90 Å². The summed E-state index contributed by atoms with van der Waals surface area (Å²) in [7, 11) is 0. The molecule has 2 aliphatic rings. The van der Waals surface area contributed by atoms with Gasteiger partial charge in [-0.1, -0.05) is 143 Å². The van der Waals surface area contributed by atoms with Crippen LogP contribution in [0, 0.1) is 0 Å². The van der Waals surface area contributed by atoms with E-state index in [1.165, 1.54) is 55.3 Å². The first kappa shape index (κ1) is 34.5. The first-order chi connectivity index (χ1) is 29.8. The lowest BCUT2D eigenvalue weighted by Crippen LogP contribution is -2.18. The highest BCUT2D eigenvalue weighted by Crippen LogP contribution is 2.55. The second kappa shape index (κ2) is 12.1. The molecule has 0 bridgehead atoms. The number of nitrogens with zero attached hydrogens (tertiary/aromatic N) is 1. The van der Waals surface area contributed by atoms with Crippen LogP contribution in [0.3, 0.4) is 0 Å². The van der Waals surface area contributed by atoms with Crippen LogP contribution in [0.4, 0.5) is 17.1 Å². The number of para-hydroxylation sites is 1. The zero-order valence-electron chi connectivity index (χ0n) is 34.5. The standard InChI is InChI=1S/C58H41NO2/c1-57(2)45-18-10-7-15-39(45)41-25-23-37(32-47(41)57)59(38-24-26-42-40-16-8-11-19-46(40)58(3,4)48(42)33-38)49-28-27-44-55-52(30-29-51-54(55)43-17-9-12-20-50(43)60-51)61-56(44)53(49)36-22-21-34-13-5-6-14-35(34)31-36/h5-33H,1-4H3. The van der Waals surface area contributed by atoms with E-state index in [2.05, 4.69) is 196 Å². The lowest BCUT2D eigenvalue weighted by molar-refractivity contribution is 0.660. The van der Waals surface area contributed by atoms with Gasteiger partial charge in [0.15, 0.2) is 0 Å². The van der Waals surface area contributed by atoms with Crippen LogP contribution in [0.2, 0.25) is 0 Å². The molecule has 0 amide bonds. The molecule has 0 aliphatic heterocycles. The Hall–Kier alpha value is -7.36. The van der Waals surface area contributed by atoms with Crippen molar-refractivity contribution in [2.24, 2.45) is 0 Å². The molecule has 290 valence electrons. The quantitative estimate of drug-likeness (QED) is 0.178. The molecular formula is C58H41NO2. The van der Waals surface area contributed by atoms with Gasteiger partial charge in [0.1, 0.15) is 22.3 Å². The molecule has 61 heavy (non-hydrogen) atoms. The van der Waals surface area contributed by atoms with Crippen molar-refractivity contribution in [2.75, 3.05) is 4.90 Å². The van der Waals surface area contributed by atoms with Crippen LogP contribution in [0.5, 0.6) is 0 Å². The molecule has 2 aromatic heterocycles. The number of fused-ring (bicyclic) bond motifs is 14. The van der Waals surface area contributed by atoms with Gasteiger partial charge < -0.3 is 13.7 Å². The van der Waals surface area contributed by atoms with Gasteiger partial charge >= 0.3 is 0 Å². The van der Waals surface area contributed by atoms with Gasteiger partial charge in [-0.15, -0.1) is 0 Å². The Morgan fingerprint density at radius 2 is 0.951 bits per heavy atom. The Morgan fingerprint density at radius 3 is 1.64 bits per heavy atom. The summed E-state index contributed by atoms with van der Waals surface area (Å²) in [4.78, 5) is 2.48. The van der Waals surface area contributed by atoms with Gasteiger partial charge in [0.25, 0.3) is 0 Å². The summed E-state index contributed by atoms with van der Waals surface area (Å²) in [6, 6.07) is 64.5. The summed E-state index contributed by atoms with van der Waals surface area (Å²) in [6.45, 7) is 9.45. The number of rotatable bonds is 4. The molecule has 2 aliphatic carbocycles. The van der Waals surface area contributed by atoms with Crippen LogP contribution in [0.1, 0.15) is 49.9 Å². The van der Waals surface area contributed by atoms with Crippen LogP contribution in [-0.4, -0.2) is 0 Å². The average Bonchev–Trinajstić information content (AvgIpc) is 3.99. The minimum absolute atomic E-state index is 0.169. The highest BCUT2D eigenvalue weighted by Gasteiger charge is 2.38. The molecule has 0 radical (unpaired) electrons. The molecule has 2 heterocycles. The summed E-state index contributed by atoms with van der Waals surface area (Å²) in [5.74, 6) is 0. The SMILES string of the molecule is CC1(C)c2ccccc2-c2ccc(N(c3ccc4c(c3)C(C)(C)c3ccccc3-4)c3ccc4c(oc5ccc6oc7ccccc7c6c54)c3-c3ccc4ccccc4c3)cc21. The zero-order valence-corrected chi connectivity index (χ0v) is 34.5. The van der Waals surface area contributed by atoms with Crippen molar-refractivity contribution in [3.63, 3.8) is 0 Å². The maximum atomic E-state index is 7.17. The van der Waals surface area contributed by atoms with E-state index in [9.17, 15) is 0 Å². The van der Waals surface area contributed by atoms with Crippen molar-refractivity contribution >= 4 is 71.7 Å². The minimum Gasteiger partial charge on any atom is -0.456 e. The largest absolute Gasteiger partial charge is 0.456 e. The number of hydrogen-bond acceptors (Lipinski definition) is 3. The molecule has 0 saturated carbocycles. The van der Waals surface area contributed by atoms with E-state index in [1.807, 2.05) is 12.1 Å². The van der Waals surface area contributed by atoms with Gasteiger partial charge in [-0.2, -0.15) is 0 Å². The summed E-state index contributed by atoms with van der Waals surface area (Å²) in [6.07, 6.45) is 0. The fourth-order valence-corrected chi connectivity index (χ4v) is 11.0. The third kappa shape index (κ3) is 4.69. The molecule has 0 N–H and O–H groups in total. The van der Waals surface area contributed by atoms with Gasteiger partial charge in [-0.05, 0) is 122 Å². The fraction of sp³-hybridized carbons (Fsp3) is 0.103. The summed E-state index contributed by atoms with van der Waals surface area (Å²) < 4.78 is 13.6. The van der Waals surface area contributed by atoms with Gasteiger partial charge in [0.2, 0.25) is 0 Å². The Kier molecular flexibility index (Phi) is 6.85. The number of hydrogen-bond donors (Lipinski definition) is 0. The second-order valence-electron chi connectivity index (χ2n) is 18.0. The van der Waals surface area contributed by atoms with Crippen molar-refractivity contribution in [1.82, 2.24) is 0 Å². The highest BCUT2D eigenvalue weighted by molar-refractivity contribution is 6.27. The predicted octanol–water partition coefficient (Wildman–Crippen LogP) is 16.4.